The molecule has 0 unspecified atom stereocenters. The summed E-state index contributed by atoms with van der Waals surface area (Å²) in [6.45, 7) is 0.927. The van der Waals surface area contributed by atoms with E-state index < -0.39 is 4.92 Å². The number of carbonyl (C=O) groups excluding carboxylic acids is 1. The minimum absolute atomic E-state index is 0.139. The molecule has 0 saturated carbocycles. The Hall–Kier alpha value is -2.17. The van der Waals surface area contributed by atoms with Gasteiger partial charge in [0.05, 0.1) is 10.5 Å². The van der Waals surface area contributed by atoms with Crippen LogP contribution in [0.15, 0.2) is 36.0 Å². The molecule has 1 fully saturated rings. The van der Waals surface area contributed by atoms with Crippen LogP contribution in [0.2, 0.25) is 0 Å². The fourth-order valence-corrected chi connectivity index (χ4v) is 2.08. The number of hydrogen-bond donors (Lipinski definition) is 0. The molecule has 18 heavy (non-hydrogen) atoms. The smallest absolute Gasteiger partial charge is 0.280 e. The number of para-hydroxylation sites is 1. The van der Waals surface area contributed by atoms with E-state index in [1.165, 1.54) is 18.2 Å². The summed E-state index contributed by atoms with van der Waals surface area (Å²) in [7, 11) is 1.92. The number of nitrogens with zero attached hydrogens (tertiary/aromatic N) is 2. The monoisotopic (exact) mass is 246 g/mol. The zero-order valence-corrected chi connectivity index (χ0v) is 10.1. The van der Waals surface area contributed by atoms with Gasteiger partial charge in [-0.25, -0.2) is 0 Å². The Balaban J connectivity index is 2.32. The van der Waals surface area contributed by atoms with E-state index in [0.29, 0.717) is 0 Å². The predicted octanol–water partition coefficient (Wildman–Crippen LogP) is 2.39. The number of ketones is 1. The van der Waals surface area contributed by atoms with Crippen LogP contribution in [0.1, 0.15) is 23.2 Å². The highest BCUT2D eigenvalue weighted by Gasteiger charge is 2.20. The minimum atomic E-state index is -0.524. The molecule has 0 amide bonds. The molecule has 1 aromatic rings. The predicted molar refractivity (Wildman–Crippen MR) is 67.4 cm³/mol. The summed E-state index contributed by atoms with van der Waals surface area (Å²) < 4.78 is 0. The van der Waals surface area contributed by atoms with Crippen LogP contribution >= 0.6 is 0 Å². The molecule has 0 N–H and O–H groups in total. The topological polar surface area (TPSA) is 63.5 Å². The Morgan fingerprint density at radius 1 is 1.44 bits per heavy atom. The van der Waals surface area contributed by atoms with Crippen molar-refractivity contribution in [1.82, 2.24) is 4.90 Å². The molecule has 0 bridgehead atoms. The van der Waals surface area contributed by atoms with Gasteiger partial charge in [0.15, 0.2) is 5.78 Å². The van der Waals surface area contributed by atoms with Crippen molar-refractivity contribution in [2.75, 3.05) is 13.6 Å². The van der Waals surface area contributed by atoms with Gasteiger partial charge in [-0.2, -0.15) is 0 Å². The zero-order chi connectivity index (χ0) is 13.1. The molecule has 94 valence electrons. The van der Waals surface area contributed by atoms with Gasteiger partial charge in [-0.15, -0.1) is 0 Å². The SMILES string of the molecule is CN1CCC/C1=C\C(=O)c1ccccc1[N+](=O)[O-]. The van der Waals surface area contributed by atoms with E-state index in [1.807, 2.05) is 11.9 Å². The fourth-order valence-electron chi connectivity index (χ4n) is 2.08. The lowest BCUT2D eigenvalue weighted by Crippen LogP contribution is -2.12. The molecule has 1 aliphatic heterocycles. The molecule has 0 aliphatic carbocycles. The maximum Gasteiger partial charge on any atom is 0.280 e. The van der Waals surface area contributed by atoms with Crippen molar-refractivity contribution in [3.05, 3.63) is 51.7 Å². The van der Waals surface area contributed by atoms with E-state index in [1.54, 1.807) is 12.1 Å². The van der Waals surface area contributed by atoms with Crippen LogP contribution in [0.3, 0.4) is 0 Å². The summed E-state index contributed by atoms with van der Waals surface area (Å²) in [5, 5.41) is 10.8. The van der Waals surface area contributed by atoms with Crippen LogP contribution in [0.4, 0.5) is 5.69 Å². The number of hydrogen-bond acceptors (Lipinski definition) is 4. The molecule has 1 aromatic carbocycles. The van der Waals surface area contributed by atoms with Crippen LogP contribution in [0, 0.1) is 10.1 Å². The normalized spacial score (nSPS) is 17.2. The van der Waals surface area contributed by atoms with Gasteiger partial charge in [-0.3, -0.25) is 14.9 Å². The van der Waals surface area contributed by atoms with Gasteiger partial charge in [0, 0.05) is 31.4 Å². The zero-order valence-electron chi connectivity index (χ0n) is 10.1. The van der Waals surface area contributed by atoms with Crippen LogP contribution in [-0.2, 0) is 0 Å². The molecular weight excluding hydrogens is 232 g/mol. The number of likely N-dealkylation sites (tertiary alicyclic amines) is 1. The van der Waals surface area contributed by atoms with Crippen molar-refractivity contribution in [1.29, 1.82) is 0 Å². The summed E-state index contributed by atoms with van der Waals surface area (Å²) >= 11 is 0. The fraction of sp³-hybridized carbons (Fsp3) is 0.308. The molecule has 1 heterocycles. The molecule has 0 aromatic heterocycles. The molecule has 5 nitrogen and oxygen atoms in total. The third kappa shape index (κ3) is 2.40. The van der Waals surface area contributed by atoms with Crippen LogP contribution in [0.5, 0.6) is 0 Å². The van der Waals surface area contributed by atoms with Crippen molar-refractivity contribution in [2.45, 2.75) is 12.8 Å². The first-order valence-electron chi connectivity index (χ1n) is 5.79. The van der Waals surface area contributed by atoms with Gasteiger partial charge in [-0.1, -0.05) is 12.1 Å². The van der Waals surface area contributed by atoms with E-state index in [9.17, 15) is 14.9 Å². The van der Waals surface area contributed by atoms with Crippen molar-refractivity contribution >= 4 is 11.5 Å². The Morgan fingerprint density at radius 2 is 2.17 bits per heavy atom. The molecule has 0 atom stereocenters. The Kier molecular flexibility index (Phi) is 3.41. The Labute approximate surface area is 105 Å². The van der Waals surface area contributed by atoms with Crippen molar-refractivity contribution in [2.24, 2.45) is 0 Å². The first-order chi connectivity index (χ1) is 8.59. The molecule has 1 saturated heterocycles. The standard InChI is InChI=1S/C13H14N2O3/c1-14-8-4-5-10(14)9-13(16)11-6-2-3-7-12(11)15(17)18/h2-3,6-7,9H,4-5,8H2,1H3/b10-9+. The Morgan fingerprint density at radius 3 is 2.78 bits per heavy atom. The van der Waals surface area contributed by atoms with Crippen molar-refractivity contribution < 1.29 is 9.72 Å². The molecule has 1 aliphatic rings. The number of nitro benzene ring substituents is 1. The summed E-state index contributed by atoms with van der Waals surface area (Å²) in [4.78, 5) is 24.4. The maximum absolute atomic E-state index is 12.1. The van der Waals surface area contributed by atoms with Crippen LogP contribution < -0.4 is 0 Å². The number of rotatable bonds is 3. The van der Waals surface area contributed by atoms with E-state index in [2.05, 4.69) is 0 Å². The van der Waals surface area contributed by atoms with E-state index in [-0.39, 0.29) is 17.0 Å². The summed E-state index contributed by atoms with van der Waals surface area (Å²) in [6.07, 6.45) is 3.38. The lowest BCUT2D eigenvalue weighted by molar-refractivity contribution is -0.385. The average Bonchev–Trinajstić information content (AvgIpc) is 2.75. The van der Waals surface area contributed by atoms with Gasteiger partial charge < -0.3 is 4.90 Å². The van der Waals surface area contributed by atoms with Gasteiger partial charge >= 0.3 is 0 Å². The summed E-state index contributed by atoms with van der Waals surface area (Å²) in [6, 6.07) is 6.04. The molecule has 5 heteroatoms. The number of nitro groups is 1. The second-order valence-electron chi connectivity index (χ2n) is 4.30. The van der Waals surface area contributed by atoms with Crippen LogP contribution in [-0.4, -0.2) is 29.2 Å². The van der Waals surface area contributed by atoms with E-state index in [0.717, 1.165) is 25.1 Å². The Bertz CT molecular complexity index is 523. The average molecular weight is 246 g/mol. The van der Waals surface area contributed by atoms with Crippen molar-refractivity contribution in [3.63, 3.8) is 0 Å². The highest BCUT2D eigenvalue weighted by Crippen LogP contribution is 2.22. The second-order valence-corrected chi connectivity index (χ2v) is 4.30. The highest BCUT2D eigenvalue weighted by atomic mass is 16.6. The number of benzene rings is 1. The maximum atomic E-state index is 12.1. The number of carbonyl (C=O) groups is 1. The molecular formula is C13H14N2O3. The molecule has 0 radical (unpaired) electrons. The first-order valence-corrected chi connectivity index (χ1v) is 5.79. The largest absolute Gasteiger partial charge is 0.378 e. The highest BCUT2D eigenvalue weighted by molar-refractivity contribution is 6.07. The van der Waals surface area contributed by atoms with Crippen LogP contribution in [0.25, 0.3) is 0 Å². The van der Waals surface area contributed by atoms with Crippen molar-refractivity contribution in [3.8, 4) is 0 Å². The van der Waals surface area contributed by atoms with Gasteiger partial charge in [0.1, 0.15) is 0 Å². The lowest BCUT2D eigenvalue weighted by Gasteiger charge is -2.11. The third-order valence-electron chi connectivity index (χ3n) is 3.08. The second kappa shape index (κ2) is 5.00. The quantitative estimate of drug-likeness (QED) is 0.355. The molecule has 2 rings (SSSR count). The number of allylic oxidation sites excluding steroid dienone is 2. The minimum Gasteiger partial charge on any atom is -0.378 e. The molecule has 0 spiro atoms. The summed E-state index contributed by atoms with van der Waals surface area (Å²) in [5.41, 5.74) is 0.952. The van der Waals surface area contributed by atoms with Gasteiger partial charge in [0.2, 0.25) is 0 Å². The van der Waals surface area contributed by atoms with Gasteiger partial charge in [0.25, 0.3) is 5.69 Å². The van der Waals surface area contributed by atoms with E-state index >= 15 is 0 Å². The summed E-state index contributed by atoms with van der Waals surface area (Å²) in [5.74, 6) is -0.300. The first kappa shape index (κ1) is 12.3. The third-order valence-corrected chi connectivity index (χ3v) is 3.08. The lowest BCUT2D eigenvalue weighted by atomic mass is 10.1. The van der Waals surface area contributed by atoms with E-state index in [4.69, 9.17) is 0 Å². The van der Waals surface area contributed by atoms with Gasteiger partial charge in [-0.05, 0) is 18.9 Å².